The first-order valence-electron chi connectivity index (χ1n) is 12.7. The fraction of sp³-hybridized carbons (Fsp3) is 0.379. The largest absolute Gasteiger partial charge is 0.497 e. The average Bonchev–Trinajstić information content (AvgIpc) is 2.90. The van der Waals surface area contributed by atoms with Crippen molar-refractivity contribution in [2.75, 3.05) is 25.5 Å². The molecular formula is C29H31F3N4OS. The summed E-state index contributed by atoms with van der Waals surface area (Å²) in [6.45, 7) is 7.59. The van der Waals surface area contributed by atoms with Crippen LogP contribution in [0, 0.1) is 18.8 Å². The number of anilines is 1. The number of alkyl halides is 3. The predicted molar refractivity (Wildman–Crippen MR) is 148 cm³/mol. The van der Waals surface area contributed by atoms with Crippen molar-refractivity contribution in [3.05, 3.63) is 78.0 Å². The zero-order valence-electron chi connectivity index (χ0n) is 21.4. The molecule has 2 aromatic carbocycles. The van der Waals surface area contributed by atoms with Gasteiger partial charge in [-0.05, 0) is 104 Å². The molecule has 0 radical (unpaired) electrons. The highest BCUT2D eigenvalue weighted by atomic mass is 32.1. The van der Waals surface area contributed by atoms with E-state index < -0.39 is 11.7 Å². The molecule has 0 spiro atoms. The van der Waals surface area contributed by atoms with Gasteiger partial charge in [0.2, 0.25) is 0 Å². The molecular weight excluding hydrogens is 509 g/mol. The summed E-state index contributed by atoms with van der Waals surface area (Å²) in [7, 11) is 1.63. The van der Waals surface area contributed by atoms with E-state index in [0.29, 0.717) is 23.1 Å². The standard InChI is InChI=1S/C29H31F3N4OS/c1-4-18-16-36-10-8-19(18)13-26(36)27(23-7-9-33-25-6-5-22(37-3)15-24(23)25)35-28(38)34-21-12-17(2)11-20(14-21)29(30,31)32/h4-7,9,11-12,14-15,18-19,26-27H,1,8,10,13,16H2,2-3H3,(H2,34,35,38)/t18?,19?,26?,27-/m0/s1. The maximum atomic E-state index is 13.4. The highest BCUT2D eigenvalue weighted by Crippen LogP contribution is 2.42. The first kappa shape index (κ1) is 26.4. The lowest BCUT2D eigenvalue weighted by molar-refractivity contribution is -0.137. The van der Waals surface area contributed by atoms with Gasteiger partial charge in [-0.1, -0.05) is 6.08 Å². The fourth-order valence-corrected chi connectivity index (χ4v) is 6.22. The molecule has 6 rings (SSSR count). The van der Waals surface area contributed by atoms with Crippen LogP contribution in [0.1, 0.15) is 35.6 Å². The van der Waals surface area contributed by atoms with Crippen LogP contribution in [-0.4, -0.2) is 41.2 Å². The first-order chi connectivity index (χ1) is 18.2. The van der Waals surface area contributed by atoms with Crippen LogP contribution in [0.15, 0.2) is 61.3 Å². The van der Waals surface area contributed by atoms with Crippen molar-refractivity contribution in [1.29, 1.82) is 0 Å². The molecule has 2 bridgehead atoms. The van der Waals surface area contributed by atoms with Crippen LogP contribution in [0.2, 0.25) is 0 Å². The summed E-state index contributed by atoms with van der Waals surface area (Å²) in [5.41, 5.74) is 1.94. The topological polar surface area (TPSA) is 49.4 Å². The van der Waals surface area contributed by atoms with Gasteiger partial charge in [-0.15, -0.1) is 6.58 Å². The summed E-state index contributed by atoms with van der Waals surface area (Å²) in [4.78, 5) is 7.02. The molecule has 0 amide bonds. The van der Waals surface area contributed by atoms with Gasteiger partial charge in [0, 0.05) is 29.9 Å². The van der Waals surface area contributed by atoms with Crippen molar-refractivity contribution in [1.82, 2.24) is 15.2 Å². The lowest BCUT2D eigenvalue weighted by Crippen LogP contribution is -2.57. The minimum absolute atomic E-state index is 0.143. The maximum absolute atomic E-state index is 13.4. The molecule has 5 atom stereocenters. The molecule has 0 aliphatic carbocycles. The summed E-state index contributed by atoms with van der Waals surface area (Å²) in [6.07, 6.45) is 1.49. The molecule has 3 aromatic rings. The van der Waals surface area contributed by atoms with Crippen molar-refractivity contribution < 1.29 is 17.9 Å². The smallest absolute Gasteiger partial charge is 0.416 e. The normalized spacial score (nSPS) is 23.6. The van der Waals surface area contributed by atoms with Crippen molar-refractivity contribution >= 4 is 33.9 Å². The zero-order valence-corrected chi connectivity index (χ0v) is 22.2. The average molecular weight is 541 g/mol. The number of ether oxygens (including phenoxy) is 1. The third-order valence-electron chi connectivity index (χ3n) is 7.81. The summed E-state index contributed by atoms with van der Waals surface area (Å²) in [5, 5.41) is 7.71. The number of nitrogens with one attached hydrogen (secondary N) is 2. The van der Waals surface area contributed by atoms with E-state index in [2.05, 4.69) is 33.2 Å². The molecule has 9 heteroatoms. The summed E-state index contributed by atoms with van der Waals surface area (Å²) >= 11 is 5.69. The van der Waals surface area contributed by atoms with Gasteiger partial charge >= 0.3 is 6.18 Å². The molecule has 4 heterocycles. The molecule has 3 aliphatic heterocycles. The van der Waals surface area contributed by atoms with E-state index in [1.54, 1.807) is 26.3 Å². The Labute approximate surface area is 226 Å². The van der Waals surface area contributed by atoms with E-state index >= 15 is 0 Å². The van der Waals surface area contributed by atoms with Gasteiger partial charge in [-0.3, -0.25) is 9.88 Å². The maximum Gasteiger partial charge on any atom is 0.416 e. The second-order valence-electron chi connectivity index (χ2n) is 10.2. The number of hydrogen-bond acceptors (Lipinski definition) is 4. The van der Waals surface area contributed by atoms with E-state index in [-0.39, 0.29) is 17.2 Å². The highest BCUT2D eigenvalue weighted by Gasteiger charge is 2.43. The van der Waals surface area contributed by atoms with Gasteiger partial charge in [0.15, 0.2) is 5.11 Å². The molecule has 38 heavy (non-hydrogen) atoms. The van der Waals surface area contributed by atoms with E-state index in [1.165, 1.54) is 0 Å². The number of piperidine rings is 3. The molecule has 3 aliphatic rings. The summed E-state index contributed by atoms with van der Waals surface area (Å²) in [5.74, 6) is 1.71. The summed E-state index contributed by atoms with van der Waals surface area (Å²) < 4.78 is 45.7. The fourth-order valence-electron chi connectivity index (χ4n) is 5.98. The number of thiocarbonyl (C=S) groups is 1. The molecule has 3 fully saturated rings. The van der Waals surface area contributed by atoms with E-state index in [0.717, 1.165) is 60.3 Å². The SMILES string of the molecule is C=CC1CN2CCC1CC2[C@@H](NC(=S)Nc1cc(C)cc(C(F)(F)F)c1)c1ccnc2ccc(OC)cc12. The number of hydrogen-bond donors (Lipinski definition) is 2. The Morgan fingerprint density at radius 3 is 2.74 bits per heavy atom. The number of rotatable bonds is 6. The molecule has 3 saturated heterocycles. The number of pyridine rings is 1. The molecule has 1 aromatic heterocycles. The zero-order chi connectivity index (χ0) is 27.0. The van der Waals surface area contributed by atoms with Crippen molar-refractivity contribution in [3.8, 4) is 5.75 Å². The van der Waals surface area contributed by atoms with Gasteiger partial charge in [-0.2, -0.15) is 13.2 Å². The summed E-state index contributed by atoms with van der Waals surface area (Å²) in [6, 6.07) is 11.6. The third-order valence-corrected chi connectivity index (χ3v) is 8.03. The van der Waals surface area contributed by atoms with Gasteiger partial charge in [0.05, 0.1) is 24.2 Å². The Hall–Kier alpha value is -3.17. The molecule has 2 N–H and O–H groups in total. The quantitative estimate of drug-likeness (QED) is 0.275. The van der Waals surface area contributed by atoms with Gasteiger partial charge in [0.25, 0.3) is 0 Å². The minimum Gasteiger partial charge on any atom is -0.497 e. The number of nitrogens with zero attached hydrogens (tertiary/aromatic N) is 2. The van der Waals surface area contributed by atoms with E-state index in [1.807, 2.05) is 24.3 Å². The van der Waals surface area contributed by atoms with Gasteiger partial charge in [0.1, 0.15) is 5.75 Å². The van der Waals surface area contributed by atoms with Crippen LogP contribution in [0.25, 0.3) is 10.9 Å². The molecule has 5 nitrogen and oxygen atoms in total. The van der Waals surface area contributed by atoms with Crippen molar-refractivity contribution in [2.24, 2.45) is 11.8 Å². The van der Waals surface area contributed by atoms with Crippen LogP contribution in [0.5, 0.6) is 5.75 Å². The highest BCUT2D eigenvalue weighted by molar-refractivity contribution is 7.80. The van der Waals surface area contributed by atoms with Crippen molar-refractivity contribution in [2.45, 2.75) is 38.0 Å². The van der Waals surface area contributed by atoms with Crippen LogP contribution in [0.3, 0.4) is 0 Å². The van der Waals surface area contributed by atoms with Crippen LogP contribution in [0.4, 0.5) is 18.9 Å². The van der Waals surface area contributed by atoms with Crippen molar-refractivity contribution in [3.63, 3.8) is 0 Å². The number of halogens is 3. The number of aryl methyl sites for hydroxylation is 1. The molecule has 0 saturated carbocycles. The lowest BCUT2D eigenvalue weighted by atomic mass is 9.73. The second kappa shape index (κ2) is 10.5. The van der Waals surface area contributed by atoms with Crippen LogP contribution < -0.4 is 15.4 Å². The van der Waals surface area contributed by atoms with Crippen LogP contribution >= 0.6 is 12.2 Å². The monoisotopic (exact) mass is 540 g/mol. The Bertz CT molecular complexity index is 1360. The second-order valence-corrected chi connectivity index (χ2v) is 10.6. The number of methoxy groups -OCH3 is 1. The minimum atomic E-state index is -4.44. The molecule has 200 valence electrons. The Balaban J connectivity index is 1.50. The van der Waals surface area contributed by atoms with Crippen LogP contribution in [-0.2, 0) is 6.18 Å². The Morgan fingerprint density at radius 1 is 1.24 bits per heavy atom. The number of aromatic nitrogens is 1. The predicted octanol–water partition coefficient (Wildman–Crippen LogP) is 6.49. The number of benzene rings is 2. The van der Waals surface area contributed by atoms with Gasteiger partial charge < -0.3 is 15.4 Å². The lowest BCUT2D eigenvalue weighted by Gasteiger charge is -2.52. The number of fused-ring (bicyclic) bond motifs is 4. The first-order valence-corrected chi connectivity index (χ1v) is 13.1. The van der Waals surface area contributed by atoms with E-state index in [9.17, 15) is 13.2 Å². The van der Waals surface area contributed by atoms with E-state index in [4.69, 9.17) is 17.0 Å². The Morgan fingerprint density at radius 2 is 2.05 bits per heavy atom. The third kappa shape index (κ3) is 5.35. The molecule has 4 unspecified atom stereocenters. The Kier molecular flexibility index (Phi) is 7.33. The van der Waals surface area contributed by atoms with Gasteiger partial charge in [-0.25, -0.2) is 0 Å².